The first-order valence-electron chi connectivity index (χ1n) is 12.2. The molecule has 0 radical (unpaired) electrons. The third-order valence-corrected chi connectivity index (χ3v) is 7.18. The molecule has 2 aliphatic carbocycles. The molecule has 3 N–H and O–H groups in total. The number of carbonyl (C=O) groups is 2. The molecule has 12 nitrogen and oxygen atoms in total. The van der Waals surface area contributed by atoms with Crippen molar-refractivity contribution in [1.82, 2.24) is 35.6 Å². The Balaban J connectivity index is 1.38. The molecule has 0 aromatic carbocycles. The Labute approximate surface area is 215 Å². The molecule has 37 heavy (non-hydrogen) atoms. The largest absolute Gasteiger partial charge is 0.338 e. The van der Waals surface area contributed by atoms with Crippen molar-refractivity contribution in [3.8, 4) is 0 Å². The van der Waals surface area contributed by atoms with Gasteiger partial charge in [0.05, 0.1) is 12.2 Å². The molecular formula is C23H26ClFN8O4. The van der Waals surface area contributed by atoms with E-state index in [1.54, 1.807) is 6.92 Å². The minimum absolute atomic E-state index is 0.0275. The van der Waals surface area contributed by atoms with Gasteiger partial charge in [0.2, 0.25) is 5.91 Å². The van der Waals surface area contributed by atoms with Gasteiger partial charge < -0.3 is 10.6 Å². The highest BCUT2D eigenvalue weighted by Crippen LogP contribution is 2.51. The average molecular weight is 533 g/mol. The van der Waals surface area contributed by atoms with Gasteiger partial charge in [-0.2, -0.15) is 9.49 Å². The lowest BCUT2D eigenvalue weighted by molar-refractivity contribution is -0.119. The van der Waals surface area contributed by atoms with Crippen LogP contribution in [0.5, 0.6) is 0 Å². The Bertz CT molecular complexity index is 1370. The van der Waals surface area contributed by atoms with E-state index in [0.29, 0.717) is 24.0 Å². The standard InChI is InChI=1S/C23H26ClFN8O4/c1-3-14-18(32-37-31-14)22(35)27-19(17(11-4-5-11)12-6-7-12)23(36)26-15-9-33(30-20(15)25)10(2)13-8-16(24)28-29-21(13)34/h8-12,17,19H,3-7H2,1-2H3,(H,26,36)(H,27,35)(H,29,34). The van der Waals surface area contributed by atoms with Crippen molar-refractivity contribution in [1.29, 1.82) is 0 Å². The van der Waals surface area contributed by atoms with Gasteiger partial charge in [-0.15, -0.1) is 5.10 Å². The summed E-state index contributed by atoms with van der Waals surface area (Å²) in [4.78, 5) is 38.7. The maximum absolute atomic E-state index is 14.8. The predicted octanol–water partition coefficient (Wildman–Crippen LogP) is 2.49. The molecule has 2 saturated carbocycles. The number of rotatable bonds is 10. The van der Waals surface area contributed by atoms with Gasteiger partial charge in [0.15, 0.2) is 5.69 Å². The van der Waals surface area contributed by atoms with E-state index >= 15 is 0 Å². The summed E-state index contributed by atoms with van der Waals surface area (Å²) in [6.07, 6.45) is 5.62. The zero-order valence-electron chi connectivity index (χ0n) is 20.2. The maximum atomic E-state index is 14.8. The van der Waals surface area contributed by atoms with E-state index in [1.807, 2.05) is 6.92 Å². The van der Waals surface area contributed by atoms with Gasteiger partial charge in [-0.1, -0.05) is 23.7 Å². The molecule has 3 aromatic rings. The first-order chi connectivity index (χ1) is 17.8. The quantitative estimate of drug-likeness (QED) is 0.359. The fraction of sp³-hybridized carbons (Fsp3) is 0.522. The number of aromatic amines is 1. The summed E-state index contributed by atoms with van der Waals surface area (Å²) in [7, 11) is 0. The Morgan fingerprint density at radius 1 is 1.27 bits per heavy atom. The summed E-state index contributed by atoms with van der Waals surface area (Å²) in [6, 6.07) is -0.234. The molecule has 0 saturated heterocycles. The summed E-state index contributed by atoms with van der Waals surface area (Å²) in [5.74, 6) is -1.51. The van der Waals surface area contributed by atoms with Crippen LogP contribution in [-0.4, -0.2) is 48.1 Å². The molecule has 2 amide bonds. The lowest BCUT2D eigenvalue weighted by Gasteiger charge is -2.27. The van der Waals surface area contributed by atoms with Crippen molar-refractivity contribution >= 4 is 29.1 Å². The van der Waals surface area contributed by atoms with E-state index in [9.17, 15) is 18.8 Å². The summed E-state index contributed by atoms with van der Waals surface area (Å²) in [6.45, 7) is 3.45. The summed E-state index contributed by atoms with van der Waals surface area (Å²) < 4.78 is 20.8. The van der Waals surface area contributed by atoms with Gasteiger partial charge in [-0.3, -0.25) is 19.1 Å². The number of H-pyrrole nitrogens is 1. The number of hydrogen-bond acceptors (Lipinski definition) is 8. The van der Waals surface area contributed by atoms with Gasteiger partial charge >= 0.3 is 0 Å². The first-order valence-corrected chi connectivity index (χ1v) is 12.6. The number of carbonyl (C=O) groups excluding carboxylic acids is 2. The molecule has 3 heterocycles. The van der Waals surface area contributed by atoms with Gasteiger partial charge in [0, 0.05) is 5.56 Å². The van der Waals surface area contributed by atoms with Gasteiger partial charge in [-0.05, 0) is 68.0 Å². The molecule has 2 aliphatic rings. The fourth-order valence-corrected chi connectivity index (χ4v) is 4.92. The van der Waals surface area contributed by atoms with Crippen LogP contribution in [0.1, 0.15) is 67.3 Å². The van der Waals surface area contributed by atoms with Crippen molar-refractivity contribution < 1.29 is 18.6 Å². The van der Waals surface area contributed by atoms with Crippen LogP contribution in [0.4, 0.5) is 10.1 Å². The highest BCUT2D eigenvalue weighted by atomic mass is 35.5. The Hall–Kier alpha value is -3.61. The van der Waals surface area contributed by atoms with E-state index in [0.717, 1.165) is 25.7 Å². The normalized spacial score (nSPS) is 17.0. The maximum Gasteiger partial charge on any atom is 0.276 e. The second-order valence-electron chi connectivity index (χ2n) is 9.57. The van der Waals surface area contributed by atoms with E-state index in [2.05, 4.69) is 36.2 Å². The molecule has 0 spiro atoms. The molecule has 196 valence electrons. The minimum atomic E-state index is -0.926. The Morgan fingerprint density at radius 2 is 1.97 bits per heavy atom. The second-order valence-corrected chi connectivity index (χ2v) is 9.96. The molecular weight excluding hydrogens is 507 g/mol. The van der Waals surface area contributed by atoms with Crippen LogP contribution in [0.25, 0.3) is 0 Å². The zero-order valence-corrected chi connectivity index (χ0v) is 21.0. The van der Waals surface area contributed by atoms with E-state index < -0.39 is 35.4 Å². The molecule has 14 heteroatoms. The molecule has 0 aliphatic heterocycles. The Morgan fingerprint density at radius 3 is 2.62 bits per heavy atom. The molecule has 0 bridgehead atoms. The summed E-state index contributed by atoms with van der Waals surface area (Å²) in [5.41, 5.74) is -0.0266. The number of hydrogen-bond donors (Lipinski definition) is 3. The molecule has 3 aromatic heterocycles. The predicted molar refractivity (Wildman–Crippen MR) is 128 cm³/mol. The van der Waals surface area contributed by atoms with Crippen molar-refractivity contribution in [3.05, 3.63) is 50.7 Å². The van der Waals surface area contributed by atoms with Crippen molar-refractivity contribution in [3.63, 3.8) is 0 Å². The minimum Gasteiger partial charge on any atom is -0.338 e. The van der Waals surface area contributed by atoms with E-state index in [-0.39, 0.29) is 28.0 Å². The number of nitrogens with one attached hydrogen (secondary N) is 3. The van der Waals surface area contributed by atoms with Crippen molar-refractivity contribution in [2.45, 2.75) is 58.0 Å². The topological polar surface area (TPSA) is 161 Å². The van der Waals surface area contributed by atoms with Gasteiger partial charge in [0.25, 0.3) is 17.4 Å². The van der Waals surface area contributed by atoms with Crippen LogP contribution in [0.3, 0.4) is 0 Å². The molecule has 2 unspecified atom stereocenters. The fourth-order valence-electron chi connectivity index (χ4n) is 4.76. The zero-order chi connectivity index (χ0) is 26.3. The van der Waals surface area contributed by atoms with E-state index in [4.69, 9.17) is 16.2 Å². The average Bonchev–Trinajstić information content (AvgIpc) is 3.81. The van der Waals surface area contributed by atoms with Crippen LogP contribution in [0.15, 0.2) is 21.7 Å². The summed E-state index contributed by atoms with van der Waals surface area (Å²) >= 11 is 5.89. The number of aromatic nitrogens is 6. The first kappa shape index (κ1) is 25.1. The number of amides is 2. The van der Waals surface area contributed by atoms with Crippen molar-refractivity contribution in [2.24, 2.45) is 17.8 Å². The third-order valence-electron chi connectivity index (χ3n) is 6.99. The van der Waals surface area contributed by atoms with Crippen LogP contribution < -0.4 is 16.2 Å². The highest BCUT2D eigenvalue weighted by molar-refractivity contribution is 6.29. The van der Waals surface area contributed by atoms with Gasteiger partial charge in [-0.25, -0.2) is 9.73 Å². The lowest BCUT2D eigenvalue weighted by Crippen LogP contribution is -2.50. The Kier molecular flexibility index (Phi) is 6.80. The van der Waals surface area contributed by atoms with Crippen LogP contribution in [0, 0.1) is 23.7 Å². The third kappa shape index (κ3) is 5.26. The van der Waals surface area contributed by atoms with Crippen molar-refractivity contribution in [2.75, 3.05) is 5.32 Å². The summed E-state index contributed by atoms with van der Waals surface area (Å²) in [5, 5.41) is 22.6. The number of halogens is 2. The number of nitrogens with zero attached hydrogens (tertiary/aromatic N) is 5. The second kappa shape index (κ2) is 10.0. The number of aryl methyl sites for hydroxylation is 1. The van der Waals surface area contributed by atoms with Crippen LogP contribution in [-0.2, 0) is 11.2 Å². The number of anilines is 1. The SMILES string of the molecule is CCc1nonc1C(=O)NC(C(=O)Nc1cn(C(C)c2cc(Cl)n[nH]c2=O)nc1F)C(C1CC1)C1CC1. The monoisotopic (exact) mass is 532 g/mol. The smallest absolute Gasteiger partial charge is 0.276 e. The highest BCUT2D eigenvalue weighted by Gasteiger charge is 2.48. The van der Waals surface area contributed by atoms with Gasteiger partial charge in [0.1, 0.15) is 22.6 Å². The molecule has 5 rings (SSSR count). The van der Waals surface area contributed by atoms with E-state index in [1.165, 1.54) is 16.9 Å². The van der Waals surface area contributed by atoms with Crippen LogP contribution in [0.2, 0.25) is 5.15 Å². The lowest BCUT2D eigenvalue weighted by atomic mass is 9.88. The molecule has 2 atom stereocenters. The molecule has 2 fully saturated rings. The van der Waals surface area contributed by atoms with Crippen LogP contribution >= 0.6 is 11.6 Å².